The van der Waals surface area contributed by atoms with Gasteiger partial charge in [-0.25, -0.2) is 0 Å². The molecule has 1 atom stereocenters. The van der Waals surface area contributed by atoms with Gasteiger partial charge in [0.2, 0.25) is 5.91 Å². The van der Waals surface area contributed by atoms with Crippen LogP contribution < -0.4 is 4.90 Å². The Labute approximate surface area is 131 Å². The van der Waals surface area contributed by atoms with E-state index < -0.39 is 0 Å². The van der Waals surface area contributed by atoms with Crippen LogP contribution >= 0.6 is 27.5 Å². The molecule has 0 bridgehead atoms. The van der Waals surface area contributed by atoms with Crippen LogP contribution in [0.2, 0.25) is 5.02 Å². The summed E-state index contributed by atoms with van der Waals surface area (Å²) in [6, 6.07) is 15.4. The van der Waals surface area contributed by atoms with Crippen LogP contribution in [0.15, 0.2) is 48.5 Å². The van der Waals surface area contributed by atoms with E-state index in [0.29, 0.717) is 5.02 Å². The number of hydrogen-bond donors (Lipinski definition) is 0. The van der Waals surface area contributed by atoms with Crippen molar-refractivity contribution in [2.45, 2.75) is 11.2 Å². The zero-order valence-electron chi connectivity index (χ0n) is 10.7. The molecule has 0 fully saturated rings. The van der Waals surface area contributed by atoms with Gasteiger partial charge in [-0.2, -0.15) is 0 Å². The summed E-state index contributed by atoms with van der Waals surface area (Å²) in [6.45, 7) is 0.744. The summed E-state index contributed by atoms with van der Waals surface area (Å²) in [5, 5.41) is 0.674. The van der Waals surface area contributed by atoms with Gasteiger partial charge in [0.1, 0.15) is 4.83 Å². The second kappa shape index (κ2) is 5.58. The molecule has 20 heavy (non-hydrogen) atoms. The first-order valence-electron chi connectivity index (χ1n) is 6.45. The highest BCUT2D eigenvalue weighted by molar-refractivity contribution is 9.09. The highest BCUT2D eigenvalue weighted by atomic mass is 79.9. The van der Waals surface area contributed by atoms with Crippen molar-refractivity contribution < 1.29 is 4.79 Å². The number of carbonyl (C=O) groups is 1. The van der Waals surface area contributed by atoms with Crippen LogP contribution in [-0.2, 0) is 11.2 Å². The Balaban J connectivity index is 1.85. The Hall–Kier alpha value is -1.32. The molecule has 1 aliphatic rings. The SMILES string of the molecule is O=C(C(Br)c1ccc(Cl)cc1)N1CCc2ccccc21. The molecule has 0 aromatic heterocycles. The maximum absolute atomic E-state index is 12.6. The highest BCUT2D eigenvalue weighted by Gasteiger charge is 2.29. The minimum atomic E-state index is -0.342. The van der Waals surface area contributed by atoms with E-state index in [2.05, 4.69) is 22.0 Å². The second-order valence-corrected chi connectivity index (χ2v) is 6.13. The maximum atomic E-state index is 12.6. The highest BCUT2D eigenvalue weighted by Crippen LogP contribution is 2.33. The number of hydrogen-bond acceptors (Lipinski definition) is 1. The minimum absolute atomic E-state index is 0.0669. The summed E-state index contributed by atoms with van der Waals surface area (Å²) >= 11 is 9.38. The quantitative estimate of drug-likeness (QED) is 0.737. The maximum Gasteiger partial charge on any atom is 0.245 e. The van der Waals surface area contributed by atoms with Gasteiger partial charge in [-0.3, -0.25) is 4.79 Å². The largest absolute Gasteiger partial charge is 0.311 e. The molecule has 2 aromatic carbocycles. The van der Waals surface area contributed by atoms with E-state index in [0.717, 1.165) is 24.2 Å². The lowest BCUT2D eigenvalue weighted by molar-refractivity contribution is -0.118. The molecule has 0 radical (unpaired) electrons. The molecule has 0 saturated heterocycles. The number of rotatable bonds is 2. The third-order valence-electron chi connectivity index (χ3n) is 3.53. The van der Waals surface area contributed by atoms with Crippen LogP contribution in [0.5, 0.6) is 0 Å². The first kappa shape index (κ1) is 13.7. The van der Waals surface area contributed by atoms with E-state index in [1.165, 1.54) is 5.56 Å². The molecular weight excluding hydrogens is 338 g/mol. The van der Waals surface area contributed by atoms with Crippen LogP contribution in [0.25, 0.3) is 0 Å². The van der Waals surface area contributed by atoms with Crippen molar-refractivity contribution in [3.63, 3.8) is 0 Å². The van der Waals surface area contributed by atoms with E-state index in [9.17, 15) is 4.79 Å². The third kappa shape index (κ3) is 2.48. The fraction of sp³-hybridized carbons (Fsp3) is 0.188. The summed E-state index contributed by atoms with van der Waals surface area (Å²) in [5.41, 5.74) is 3.18. The number of para-hydroxylation sites is 1. The van der Waals surface area contributed by atoms with Crippen molar-refractivity contribution in [2.75, 3.05) is 11.4 Å². The molecule has 4 heteroatoms. The summed E-state index contributed by atoms with van der Waals surface area (Å²) < 4.78 is 0. The molecule has 1 amide bonds. The van der Waals surface area contributed by atoms with Crippen LogP contribution in [0.4, 0.5) is 5.69 Å². The standard InChI is InChI=1S/C16H13BrClNO/c17-15(12-5-7-13(18)8-6-12)16(20)19-10-9-11-3-1-2-4-14(11)19/h1-8,15H,9-10H2. The van der Waals surface area contributed by atoms with E-state index in [1.807, 2.05) is 35.2 Å². The molecule has 0 saturated carbocycles. The van der Waals surface area contributed by atoms with Crippen molar-refractivity contribution in [3.8, 4) is 0 Å². The van der Waals surface area contributed by atoms with Crippen molar-refractivity contribution >= 4 is 39.1 Å². The second-order valence-electron chi connectivity index (χ2n) is 4.78. The predicted octanol–water partition coefficient (Wildman–Crippen LogP) is 4.37. The summed E-state index contributed by atoms with van der Waals surface area (Å²) in [4.78, 5) is 14.1. The van der Waals surface area contributed by atoms with Gasteiger partial charge in [-0.15, -0.1) is 0 Å². The number of fused-ring (bicyclic) bond motifs is 1. The van der Waals surface area contributed by atoms with Gasteiger partial charge >= 0.3 is 0 Å². The van der Waals surface area contributed by atoms with Gasteiger partial charge in [-0.05, 0) is 35.7 Å². The average Bonchev–Trinajstić information content (AvgIpc) is 2.90. The zero-order chi connectivity index (χ0) is 14.1. The summed E-state index contributed by atoms with van der Waals surface area (Å²) in [7, 11) is 0. The number of anilines is 1. The van der Waals surface area contributed by atoms with Gasteiger partial charge < -0.3 is 4.90 Å². The molecule has 1 aliphatic heterocycles. The molecule has 0 aliphatic carbocycles. The van der Waals surface area contributed by atoms with E-state index in [4.69, 9.17) is 11.6 Å². The Bertz CT molecular complexity index is 641. The van der Waals surface area contributed by atoms with Crippen molar-refractivity contribution in [1.29, 1.82) is 0 Å². The molecule has 3 rings (SSSR count). The Morgan fingerprint density at radius 2 is 1.85 bits per heavy atom. The number of benzene rings is 2. The Morgan fingerprint density at radius 3 is 2.60 bits per heavy atom. The molecule has 2 aromatic rings. The average molecular weight is 351 g/mol. The number of amides is 1. The lowest BCUT2D eigenvalue weighted by Crippen LogP contribution is -2.31. The predicted molar refractivity (Wildman–Crippen MR) is 85.6 cm³/mol. The number of halogens is 2. The molecule has 102 valence electrons. The van der Waals surface area contributed by atoms with Crippen molar-refractivity contribution in [2.24, 2.45) is 0 Å². The van der Waals surface area contributed by atoms with Crippen molar-refractivity contribution in [1.82, 2.24) is 0 Å². The third-order valence-corrected chi connectivity index (χ3v) is 4.70. The fourth-order valence-electron chi connectivity index (χ4n) is 2.48. The monoisotopic (exact) mass is 349 g/mol. The normalized spacial score (nSPS) is 15.0. The van der Waals surface area contributed by atoms with Gasteiger partial charge in [-0.1, -0.05) is 57.9 Å². The molecule has 1 unspecified atom stereocenters. The molecular formula is C16H13BrClNO. The number of carbonyl (C=O) groups excluding carboxylic acids is 1. The first-order chi connectivity index (χ1) is 9.66. The van der Waals surface area contributed by atoms with E-state index in [-0.39, 0.29) is 10.7 Å². The molecule has 2 nitrogen and oxygen atoms in total. The van der Waals surface area contributed by atoms with Crippen LogP contribution in [0, 0.1) is 0 Å². The Kier molecular flexibility index (Phi) is 3.81. The van der Waals surface area contributed by atoms with Gasteiger partial charge in [0.25, 0.3) is 0 Å². The lowest BCUT2D eigenvalue weighted by atomic mass is 10.1. The zero-order valence-corrected chi connectivity index (χ0v) is 13.1. The number of alkyl halides is 1. The molecule has 1 heterocycles. The minimum Gasteiger partial charge on any atom is -0.311 e. The van der Waals surface area contributed by atoms with Gasteiger partial charge in [0.15, 0.2) is 0 Å². The fourth-order valence-corrected chi connectivity index (χ4v) is 3.16. The molecule has 0 N–H and O–H groups in total. The summed E-state index contributed by atoms with van der Waals surface area (Å²) in [5.74, 6) is 0.0669. The topological polar surface area (TPSA) is 20.3 Å². The summed E-state index contributed by atoms with van der Waals surface area (Å²) in [6.07, 6.45) is 0.919. The van der Waals surface area contributed by atoms with Crippen molar-refractivity contribution in [3.05, 3.63) is 64.7 Å². The van der Waals surface area contributed by atoms with Crippen LogP contribution in [-0.4, -0.2) is 12.5 Å². The van der Waals surface area contributed by atoms with E-state index in [1.54, 1.807) is 12.1 Å². The molecule has 0 spiro atoms. The smallest absolute Gasteiger partial charge is 0.245 e. The number of nitrogens with zero attached hydrogens (tertiary/aromatic N) is 1. The van der Waals surface area contributed by atoms with E-state index >= 15 is 0 Å². The van der Waals surface area contributed by atoms with Gasteiger partial charge in [0.05, 0.1) is 0 Å². The Morgan fingerprint density at radius 1 is 1.15 bits per heavy atom. The van der Waals surface area contributed by atoms with Crippen LogP contribution in [0.3, 0.4) is 0 Å². The lowest BCUT2D eigenvalue weighted by Gasteiger charge is -2.21. The first-order valence-corrected chi connectivity index (χ1v) is 7.75. The van der Waals surface area contributed by atoms with Crippen LogP contribution in [0.1, 0.15) is 16.0 Å². The van der Waals surface area contributed by atoms with Gasteiger partial charge in [0, 0.05) is 17.3 Å².